The fourth-order valence-corrected chi connectivity index (χ4v) is 2.89. The predicted octanol–water partition coefficient (Wildman–Crippen LogP) is 3.15. The van der Waals surface area contributed by atoms with Gasteiger partial charge in [-0.05, 0) is 47.5 Å². The number of anilines is 1. The molecule has 0 aliphatic carbocycles. The molecule has 0 unspecified atom stereocenters. The fraction of sp³-hybridized carbons (Fsp3) is 0.0870. The number of aromatic carboxylic acids is 1. The molecule has 6 nitrogen and oxygen atoms in total. The number of benzene rings is 3. The van der Waals surface area contributed by atoms with Gasteiger partial charge in [-0.25, -0.2) is 0 Å². The highest BCUT2D eigenvalue weighted by Crippen LogP contribution is 2.30. The van der Waals surface area contributed by atoms with Gasteiger partial charge in [0.1, 0.15) is 17.4 Å². The van der Waals surface area contributed by atoms with Crippen molar-refractivity contribution in [2.45, 2.75) is 6.92 Å². The van der Waals surface area contributed by atoms with Crippen molar-refractivity contribution < 1.29 is 19.4 Å². The number of fused-ring (bicyclic) bond motifs is 1. The number of nitrogens with zero attached hydrogens (tertiary/aromatic N) is 1. The van der Waals surface area contributed by atoms with Crippen molar-refractivity contribution in [3.63, 3.8) is 0 Å². The molecule has 0 bridgehead atoms. The Morgan fingerprint density at radius 2 is 1.83 bits per heavy atom. The molecule has 0 aliphatic rings. The Kier molecular flexibility index (Phi) is 5.91. The van der Waals surface area contributed by atoms with E-state index in [4.69, 9.17) is 4.74 Å². The lowest BCUT2D eigenvalue weighted by Gasteiger charge is -2.11. The Morgan fingerprint density at radius 1 is 1.10 bits per heavy atom. The summed E-state index contributed by atoms with van der Waals surface area (Å²) in [7, 11) is 0. The minimum Gasteiger partial charge on any atom is -0.545 e. The summed E-state index contributed by atoms with van der Waals surface area (Å²) in [6.45, 7) is 2.30. The molecule has 3 aromatic carbocycles. The van der Waals surface area contributed by atoms with Crippen molar-refractivity contribution in [1.82, 2.24) is 0 Å². The molecule has 1 N–H and O–H groups in total. The van der Waals surface area contributed by atoms with E-state index in [0.29, 0.717) is 23.6 Å². The second-order valence-electron chi connectivity index (χ2n) is 6.12. The smallest absolute Gasteiger partial charge is 0.266 e. The van der Waals surface area contributed by atoms with Crippen molar-refractivity contribution in [3.8, 4) is 11.8 Å². The summed E-state index contributed by atoms with van der Waals surface area (Å²) in [5.41, 5.74) is 0.899. The summed E-state index contributed by atoms with van der Waals surface area (Å²) < 4.78 is 5.68. The quantitative estimate of drug-likeness (QED) is 0.519. The van der Waals surface area contributed by atoms with Crippen LogP contribution >= 0.6 is 0 Å². The number of rotatable bonds is 6. The third-order valence-corrected chi connectivity index (χ3v) is 4.26. The average Bonchev–Trinajstić information content (AvgIpc) is 2.73. The van der Waals surface area contributed by atoms with Crippen LogP contribution in [0.4, 0.5) is 5.69 Å². The SMILES string of the molecule is CCOc1ccc2ccccc2c1/C=C(\C#N)C(=O)Nc1ccc(C(=O)[O-])cc1. The highest BCUT2D eigenvalue weighted by molar-refractivity contribution is 6.11. The minimum absolute atomic E-state index is 0.00356. The molecular weight excluding hydrogens is 368 g/mol. The Morgan fingerprint density at radius 3 is 2.48 bits per heavy atom. The van der Waals surface area contributed by atoms with E-state index in [9.17, 15) is 20.0 Å². The molecule has 0 aliphatic heterocycles. The monoisotopic (exact) mass is 385 g/mol. The zero-order chi connectivity index (χ0) is 20.8. The van der Waals surface area contributed by atoms with Crippen molar-refractivity contribution in [2.75, 3.05) is 11.9 Å². The summed E-state index contributed by atoms with van der Waals surface area (Å²) >= 11 is 0. The van der Waals surface area contributed by atoms with Crippen LogP contribution in [-0.2, 0) is 4.79 Å². The molecule has 144 valence electrons. The first-order valence-corrected chi connectivity index (χ1v) is 8.92. The number of carboxylic acids is 1. The van der Waals surface area contributed by atoms with Gasteiger partial charge in [0, 0.05) is 11.3 Å². The van der Waals surface area contributed by atoms with Gasteiger partial charge in [-0.1, -0.05) is 42.5 Å². The summed E-state index contributed by atoms with van der Waals surface area (Å²) in [6.07, 6.45) is 1.50. The van der Waals surface area contributed by atoms with E-state index in [-0.39, 0.29) is 11.1 Å². The highest BCUT2D eigenvalue weighted by atomic mass is 16.5. The van der Waals surface area contributed by atoms with Crippen LogP contribution in [0.2, 0.25) is 0 Å². The maximum Gasteiger partial charge on any atom is 0.266 e. The Balaban J connectivity index is 1.97. The molecule has 1 amide bonds. The molecule has 6 heteroatoms. The van der Waals surface area contributed by atoms with E-state index in [2.05, 4.69) is 5.32 Å². The first kappa shape index (κ1) is 19.6. The van der Waals surface area contributed by atoms with Crippen molar-refractivity contribution in [1.29, 1.82) is 5.26 Å². The molecule has 0 aromatic heterocycles. The summed E-state index contributed by atoms with van der Waals surface area (Å²) in [4.78, 5) is 23.4. The average molecular weight is 385 g/mol. The number of carbonyl (C=O) groups is 2. The van der Waals surface area contributed by atoms with E-state index in [1.165, 1.54) is 30.3 Å². The first-order valence-electron chi connectivity index (χ1n) is 8.92. The maximum absolute atomic E-state index is 12.6. The van der Waals surface area contributed by atoms with Gasteiger partial charge in [0.15, 0.2) is 0 Å². The zero-order valence-corrected chi connectivity index (χ0v) is 15.6. The fourth-order valence-electron chi connectivity index (χ4n) is 2.89. The van der Waals surface area contributed by atoms with E-state index < -0.39 is 11.9 Å². The van der Waals surface area contributed by atoms with Crippen molar-refractivity contribution in [2.24, 2.45) is 0 Å². The number of ether oxygens (including phenoxy) is 1. The number of hydrogen-bond donors (Lipinski definition) is 1. The molecule has 0 radical (unpaired) electrons. The topological polar surface area (TPSA) is 102 Å². The minimum atomic E-state index is -1.31. The summed E-state index contributed by atoms with van der Waals surface area (Å²) in [5, 5.41) is 24.8. The van der Waals surface area contributed by atoms with Gasteiger partial charge in [0.05, 0.1) is 12.6 Å². The van der Waals surface area contributed by atoms with Crippen LogP contribution in [0.15, 0.2) is 66.2 Å². The number of carbonyl (C=O) groups excluding carboxylic acids is 2. The largest absolute Gasteiger partial charge is 0.545 e. The Hall–Kier alpha value is -4.11. The molecule has 3 rings (SSSR count). The molecule has 0 atom stereocenters. The standard InChI is InChI=1S/C23H18N2O4/c1-2-29-21-12-9-15-5-3-4-6-19(15)20(21)13-17(14-24)22(26)25-18-10-7-16(8-11-18)23(27)28/h3-13H,2H2,1H3,(H,25,26)(H,27,28)/p-1/b17-13+. The van der Waals surface area contributed by atoms with Crippen LogP contribution < -0.4 is 15.2 Å². The summed E-state index contributed by atoms with van der Waals surface area (Å²) in [5.74, 6) is -1.34. The van der Waals surface area contributed by atoms with E-state index in [1.807, 2.05) is 49.4 Å². The molecule has 29 heavy (non-hydrogen) atoms. The van der Waals surface area contributed by atoms with Gasteiger partial charge in [-0.2, -0.15) is 5.26 Å². The van der Waals surface area contributed by atoms with Crippen molar-refractivity contribution >= 4 is 34.4 Å². The molecule has 0 fully saturated rings. The van der Waals surface area contributed by atoms with Crippen molar-refractivity contribution in [3.05, 3.63) is 77.4 Å². The maximum atomic E-state index is 12.6. The molecular formula is C23H17N2O4-. The molecule has 0 spiro atoms. The lowest BCUT2D eigenvalue weighted by molar-refractivity contribution is -0.255. The molecule has 0 heterocycles. The predicted molar refractivity (Wildman–Crippen MR) is 108 cm³/mol. The lowest BCUT2D eigenvalue weighted by atomic mass is 10.0. The van der Waals surface area contributed by atoms with E-state index in [0.717, 1.165) is 10.8 Å². The summed E-state index contributed by atoms with van der Waals surface area (Å²) in [6, 6.07) is 18.8. The van der Waals surface area contributed by atoms with Crippen LogP contribution in [-0.4, -0.2) is 18.5 Å². The molecule has 0 saturated carbocycles. The highest BCUT2D eigenvalue weighted by Gasteiger charge is 2.13. The molecule has 3 aromatic rings. The number of nitrogens with one attached hydrogen (secondary N) is 1. The van der Waals surface area contributed by atoms with Gasteiger partial charge in [-0.15, -0.1) is 0 Å². The third-order valence-electron chi connectivity index (χ3n) is 4.26. The van der Waals surface area contributed by atoms with Gasteiger partial charge in [-0.3, -0.25) is 4.79 Å². The van der Waals surface area contributed by atoms with Gasteiger partial charge in [0.25, 0.3) is 5.91 Å². The third kappa shape index (κ3) is 4.42. The number of carboxylic acid groups (broad SMARTS) is 1. The van der Waals surface area contributed by atoms with Gasteiger partial charge < -0.3 is 20.0 Å². The van der Waals surface area contributed by atoms with Gasteiger partial charge >= 0.3 is 0 Å². The Labute approximate surface area is 167 Å². The first-order chi connectivity index (χ1) is 14.0. The van der Waals surface area contributed by atoms with Crippen LogP contribution in [0.1, 0.15) is 22.8 Å². The molecule has 0 saturated heterocycles. The lowest BCUT2D eigenvalue weighted by Crippen LogP contribution is -2.22. The second kappa shape index (κ2) is 8.72. The second-order valence-corrected chi connectivity index (χ2v) is 6.12. The number of hydrogen-bond acceptors (Lipinski definition) is 5. The van der Waals surface area contributed by atoms with Crippen LogP contribution in [0.3, 0.4) is 0 Å². The normalized spacial score (nSPS) is 11.0. The van der Waals surface area contributed by atoms with E-state index in [1.54, 1.807) is 0 Å². The van der Waals surface area contributed by atoms with Gasteiger partial charge in [0.2, 0.25) is 0 Å². The number of nitriles is 1. The van der Waals surface area contributed by atoms with E-state index >= 15 is 0 Å². The van der Waals surface area contributed by atoms with Crippen LogP contribution in [0.25, 0.3) is 16.8 Å². The van der Waals surface area contributed by atoms with Crippen LogP contribution in [0, 0.1) is 11.3 Å². The van der Waals surface area contributed by atoms with Crippen LogP contribution in [0.5, 0.6) is 5.75 Å². The zero-order valence-electron chi connectivity index (χ0n) is 15.6. The Bertz CT molecular complexity index is 1140. The number of amides is 1.